The van der Waals surface area contributed by atoms with E-state index in [-0.39, 0.29) is 6.04 Å². The third kappa shape index (κ3) is 3.23. The van der Waals surface area contributed by atoms with Crippen molar-refractivity contribution in [3.8, 4) is 17.4 Å². The van der Waals surface area contributed by atoms with Crippen molar-refractivity contribution in [1.29, 1.82) is 0 Å². The molecule has 0 unspecified atom stereocenters. The van der Waals surface area contributed by atoms with Crippen molar-refractivity contribution in [2.75, 3.05) is 6.61 Å². The maximum absolute atomic E-state index is 5.91. The number of para-hydroxylation sites is 2. The zero-order valence-corrected chi connectivity index (χ0v) is 11.2. The Morgan fingerprint density at radius 3 is 2.58 bits per heavy atom. The van der Waals surface area contributed by atoms with Crippen LogP contribution in [0.3, 0.4) is 0 Å². The van der Waals surface area contributed by atoms with E-state index < -0.39 is 0 Å². The fourth-order valence-electron chi connectivity index (χ4n) is 1.75. The number of pyridine rings is 1. The molecule has 4 nitrogen and oxygen atoms in total. The quantitative estimate of drug-likeness (QED) is 0.894. The Balaban J connectivity index is 2.31. The molecule has 100 valence electrons. The Labute approximate surface area is 113 Å². The first-order valence-corrected chi connectivity index (χ1v) is 6.32. The summed E-state index contributed by atoms with van der Waals surface area (Å²) in [4.78, 5) is 4.24. The predicted molar refractivity (Wildman–Crippen MR) is 74.5 cm³/mol. The monoisotopic (exact) mass is 258 g/mol. The minimum Gasteiger partial charge on any atom is -0.490 e. The molecule has 2 N–H and O–H groups in total. The Morgan fingerprint density at radius 2 is 1.89 bits per heavy atom. The van der Waals surface area contributed by atoms with Crippen molar-refractivity contribution in [2.45, 2.75) is 19.9 Å². The predicted octanol–water partition coefficient (Wildman–Crippen LogP) is 3.29. The summed E-state index contributed by atoms with van der Waals surface area (Å²) >= 11 is 0. The molecule has 2 rings (SSSR count). The molecule has 1 aromatic heterocycles. The van der Waals surface area contributed by atoms with Crippen molar-refractivity contribution in [1.82, 2.24) is 4.98 Å². The molecule has 0 spiro atoms. The molecule has 4 heteroatoms. The topological polar surface area (TPSA) is 57.4 Å². The Bertz CT molecular complexity index is 541. The van der Waals surface area contributed by atoms with Gasteiger partial charge in [-0.1, -0.05) is 18.2 Å². The number of nitrogens with zero attached hydrogens (tertiary/aromatic N) is 1. The molecule has 2 aromatic rings. The molecule has 0 aliphatic carbocycles. The standard InChI is InChI=1S/C15H18N2O2/c1-3-18-13-8-4-5-9-14(13)19-15-12(11(2)16)7-6-10-17-15/h4-11H,3,16H2,1-2H3/t11-/m0/s1. The van der Waals surface area contributed by atoms with E-state index in [1.165, 1.54) is 0 Å². The number of ether oxygens (including phenoxy) is 2. The third-order valence-electron chi connectivity index (χ3n) is 2.65. The number of nitrogens with two attached hydrogens (primary N) is 1. The molecule has 0 aliphatic rings. The van der Waals surface area contributed by atoms with Gasteiger partial charge in [0.15, 0.2) is 11.5 Å². The third-order valence-corrected chi connectivity index (χ3v) is 2.65. The first kappa shape index (κ1) is 13.4. The van der Waals surface area contributed by atoms with Crippen molar-refractivity contribution < 1.29 is 9.47 Å². The molecule has 0 amide bonds. The lowest BCUT2D eigenvalue weighted by Crippen LogP contribution is -2.07. The van der Waals surface area contributed by atoms with Crippen LogP contribution in [0.1, 0.15) is 25.5 Å². The Morgan fingerprint density at radius 1 is 1.16 bits per heavy atom. The average Bonchev–Trinajstić information content (AvgIpc) is 2.42. The summed E-state index contributed by atoms with van der Waals surface area (Å²) in [6.07, 6.45) is 1.69. The molecule has 0 saturated heterocycles. The maximum atomic E-state index is 5.91. The van der Waals surface area contributed by atoms with Crippen LogP contribution in [0.25, 0.3) is 0 Å². The van der Waals surface area contributed by atoms with Crippen LogP contribution < -0.4 is 15.2 Å². The van der Waals surface area contributed by atoms with E-state index in [2.05, 4.69) is 4.98 Å². The molecule has 0 radical (unpaired) electrons. The molecule has 0 fully saturated rings. The van der Waals surface area contributed by atoms with Crippen molar-refractivity contribution in [2.24, 2.45) is 5.73 Å². The molecule has 19 heavy (non-hydrogen) atoms. The van der Waals surface area contributed by atoms with Crippen LogP contribution in [0, 0.1) is 0 Å². The fraction of sp³-hybridized carbons (Fsp3) is 0.267. The lowest BCUT2D eigenvalue weighted by Gasteiger charge is -2.14. The van der Waals surface area contributed by atoms with Gasteiger partial charge in [0.2, 0.25) is 5.88 Å². The first-order valence-electron chi connectivity index (χ1n) is 6.32. The van der Waals surface area contributed by atoms with Crippen molar-refractivity contribution >= 4 is 0 Å². The highest BCUT2D eigenvalue weighted by molar-refractivity contribution is 5.43. The van der Waals surface area contributed by atoms with Gasteiger partial charge in [-0.25, -0.2) is 4.98 Å². The van der Waals surface area contributed by atoms with Gasteiger partial charge in [0.05, 0.1) is 6.61 Å². The second kappa shape index (κ2) is 6.20. The van der Waals surface area contributed by atoms with Gasteiger partial charge >= 0.3 is 0 Å². The lowest BCUT2D eigenvalue weighted by atomic mass is 10.1. The van der Waals surface area contributed by atoms with E-state index in [1.54, 1.807) is 6.20 Å². The number of hydrogen-bond acceptors (Lipinski definition) is 4. The van der Waals surface area contributed by atoms with E-state index >= 15 is 0 Å². The number of benzene rings is 1. The van der Waals surface area contributed by atoms with Crippen molar-refractivity contribution in [3.05, 3.63) is 48.2 Å². The van der Waals surface area contributed by atoms with E-state index in [4.69, 9.17) is 15.2 Å². The summed E-state index contributed by atoms with van der Waals surface area (Å²) in [5, 5.41) is 0. The van der Waals surface area contributed by atoms with Crippen LogP contribution in [-0.2, 0) is 0 Å². The van der Waals surface area contributed by atoms with E-state index in [1.807, 2.05) is 50.2 Å². The molecule has 0 saturated carbocycles. The van der Waals surface area contributed by atoms with Gasteiger partial charge in [-0.2, -0.15) is 0 Å². The number of rotatable bonds is 5. The SMILES string of the molecule is CCOc1ccccc1Oc1ncccc1[C@H](C)N. The van der Waals surface area contributed by atoms with Crippen LogP contribution in [0.4, 0.5) is 0 Å². The Kier molecular flexibility index (Phi) is 4.36. The van der Waals surface area contributed by atoms with Gasteiger partial charge < -0.3 is 15.2 Å². The average molecular weight is 258 g/mol. The van der Waals surface area contributed by atoms with Crippen LogP contribution in [-0.4, -0.2) is 11.6 Å². The van der Waals surface area contributed by atoms with Crippen LogP contribution in [0.5, 0.6) is 17.4 Å². The van der Waals surface area contributed by atoms with Gasteiger partial charge in [0.1, 0.15) is 0 Å². The highest BCUT2D eigenvalue weighted by Gasteiger charge is 2.12. The van der Waals surface area contributed by atoms with Crippen LogP contribution in [0.2, 0.25) is 0 Å². The zero-order chi connectivity index (χ0) is 13.7. The smallest absolute Gasteiger partial charge is 0.224 e. The minimum absolute atomic E-state index is 0.136. The largest absolute Gasteiger partial charge is 0.490 e. The molecule has 1 aromatic carbocycles. The highest BCUT2D eigenvalue weighted by atomic mass is 16.5. The van der Waals surface area contributed by atoms with Gasteiger partial charge in [-0.3, -0.25) is 0 Å². The van der Waals surface area contributed by atoms with Gasteiger partial charge in [0.25, 0.3) is 0 Å². The summed E-state index contributed by atoms with van der Waals surface area (Å²) in [6.45, 7) is 4.42. The van der Waals surface area contributed by atoms with E-state index in [0.717, 1.165) is 5.56 Å². The highest BCUT2D eigenvalue weighted by Crippen LogP contribution is 2.32. The molecule has 1 heterocycles. The molecular formula is C15H18N2O2. The van der Waals surface area contributed by atoms with E-state index in [0.29, 0.717) is 24.0 Å². The molecular weight excluding hydrogens is 240 g/mol. The second-order valence-corrected chi connectivity index (χ2v) is 4.17. The summed E-state index contributed by atoms with van der Waals surface area (Å²) in [5.74, 6) is 1.86. The van der Waals surface area contributed by atoms with Gasteiger partial charge in [-0.05, 0) is 32.0 Å². The minimum atomic E-state index is -0.136. The summed E-state index contributed by atoms with van der Waals surface area (Å²) in [5.41, 5.74) is 6.78. The van der Waals surface area contributed by atoms with E-state index in [9.17, 15) is 0 Å². The molecule has 0 aliphatic heterocycles. The van der Waals surface area contributed by atoms with Gasteiger partial charge in [-0.15, -0.1) is 0 Å². The maximum Gasteiger partial charge on any atom is 0.224 e. The number of aromatic nitrogens is 1. The Hall–Kier alpha value is -2.07. The van der Waals surface area contributed by atoms with Crippen LogP contribution >= 0.6 is 0 Å². The molecule has 1 atom stereocenters. The summed E-state index contributed by atoms with van der Waals surface area (Å²) in [7, 11) is 0. The lowest BCUT2D eigenvalue weighted by molar-refractivity contribution is 0.318. The fourth-order valence-corrected chi connectivity index (χ4v) is 1.75. The summed E-state index contributed by atoms with van der Waals surface area (Å²) in [6, 6.07) is 11.1. The summed E-state index contributed by atoms with van der Waals surface area (Å²) < 4.78 is 11.4. The number of hydrogen-bond donors (Lipinski definition) is 1. The van der Waals surface area contributed by atoms with Gasteiger partial charge in [0, 0.05) is 17.8 Å². The zero-order valence-electron chi connectivity index (χ0n) is 11.2. The van der Waals surface area contributed by atoms with Crippen molar-refractivity contribution in [3.63, 3.8) is 0 Å². The van der Waals surface area contributed by atoms with Crippen LogP contribution in [0.15, 0.2) is 42.6 Å². The molecule has 0 bridgehead atoms. The second-order valence-electron chi connectivity index (χ2n) is 4.17. The first-order chi connectivity index (χ1) is 9.22. The normalized spacial score (nSPS) is 11.9.